The van der Waals surface area contributed by atoms with Gasteiger partial charge in [0.25, 0.3) is 0 Å². The Bertz CT molecular complexity index is 334. The van der Waals surface area contributed by atoms with Gasteiger partial charge in [0.2, 0.25) is 0 Å². The van der Waals surface area contributed by atoms with Crippen molar-refractivity contribution in [2.45, 2.75) is 64.8 Å². The Kier molecular flexibility index (Phi) is 6.30. The molecule has 0 heterocycles. The van der Waals surface area contributed by atoms with Gasteiger partial charge in [-0.15, -0.1) is 0 Å². The van der Waals surface area contributed by atoms with E-state index in [0.29, 0.717) is 6.54 Å². The Morgan fingerprint density at radius 1 is 1.20 bits per heavy atom. The van der Waals surface area contributed by atoms with Crippen molar-refractivity contribution in [2.24, 2.45) is 11.8 Å². The van der Waals surface area contributed by atoms with Crippen molar-refractivity contribution in [1.29, 1.82) is 0 Å². The van der Waals surface area contributed by atoms with Gasteiger partial charge in [0.1, 0.15) is 5.54 Å². The van der Waals surface area contributed by atoms with Crippen molar-refractivity contribution in [1.82, 2.24) is 10.6 Å². The summed E-state index contributed by atoms with van der Waals surface area (Å²) in [5.74, 6) is -1.02. The number of amides is 2. The molecule has 3 N–H and O–H groups in total. The summed E-state index contributed by atoms with van der Waals surface area (Å²) in [6, 6.07) is -0.357. The average Bonchev–Trinajstić information content (AvgIpc) is 2.39. The van der Waals surface area contributed by atoms with Crippen molar-refractivity contribution in [3.8, 4) is 0 Å². The molecule has 116 valence electrons. The Morgan fingerprint density at radius 3 is 2.30 bits per heavy atom. The number of unbranched alkanes of at least 4 members (excludes halogenated alkanes) is 2. The van der Waals surface area contributed by atoms with Crippen LogP contribution in [0.3, 0.4) is 0 Å². The Morgan fingerprint density at radius 2 is 1.80 bits per heavy atom. The minimum Gasteiger partial charge on any atom is -0.479 e. The first-order valence-corrected chi connectivity index (χ1v) is 7.74. The van der Waals surface area contributed by atoms with Gasteiger partial charge in [-0.05, 0) is 31.1 Å². The monoisotopic (exact) mass is 284 g/mol. The molecular weight excluding hydrogens is 256 g/mol. The second-order valence-corrected chi connectivity index (χ2v) is 6.00. The second kappa shape index (κ2) is 7.50. The minimum absolute atomic E-state index is 0.0508. The lowest BCUT2D eigenvalue weighted by Crippen LogP contribution is -2.65. The number of hydrogen-bond donors (Lipinski definition) is 3. The molecule has 0 bridgehead atoms. The van der Waals surface area contributed by atoms with Gasteiger partial charge in [-0.25, -0.2) is 9.59 Å². The molecule has 0 aromatic carbocycles. The van der Waals surface area contributed by atoms with E-state index in [1.54, 1.807) is 0 Å². The molecule has 1 fully saturated rings. The summed E-state index contributed by atoms with van der Waals surface area (Å²) in [4.78, 5) is 23.8. The highest BCUT2D eigenvalue weighted by Gasteiger charge is 2.51. The van der Waals surface area contributed by atoms with E-state index in [-0.39, 0.29) is 17.9 Å². The van der Waals surface area contributed by atoms with E-state index in [2.05, 4.69) is 17.6 Å². The van der Waals surface area contributed by atoms with Gasteiger partial charge < -0.3 is 15.7 Å². The fraction of sp³-hybridized carbons (Fsp3) is 0.867. The highest BCUT2D eigenvalue weighted by molar-refractivity contribution is 5.87. The van der Waals surface area contributed by atoms with Crippen LogP contribution in [0.4, 0.5) is 4.79 Å². The molecule has 0 spiro atoms. The number of carboxylic acid groups (broad SMARTS) is 1. The molecule has 0 aromatic rings. The molecule has 0 aliphatic heterocycles. The fourth-order valence-corrected chi connectivity index (χ4v) is 3.20. The van der Waals surface area contributed by atoms with Crippen LogP contribution in [-0.2, 0) is 4.79 Å². The molecule has 2 atom stereocenters. The molecule has 0 saturated heterocycles. The zero-order valence-electron chi connectivity index (χ0n) is 12.9. The Labute approximate surface area is 121 Å². The van der Waals surface area contributed by atoms with Gasteiger partial charge in [-0.3, -0.25) is 0 Å². The number of carbonyl (C=O) groups excluding carboxylic acids is 1. The van der Waals surface area contributed by atoms with E-state index in [9.17, 15) is 14.7 Å². The summed E-state index contributed by atoms with van der Waals surface area (Å²) in [6.07, 6.45) is 5.79. The van der Waals surface area contributed by atoms with Crippen molar-refractivity contribution in [3.05, 3.63) is 0 Å². The highest BCUT2D eigenvalue weighted by atomic mass is 16.4. The first kappa shape index (κ1) is 16.8. The molecule has 1 aliphatic carbocycles. The topological polar surface area (TPSA) is 78.4 Å². The van der Waals surface area contributed by atoms with Crippen LogP contribution in [0.2, 0.25) is 0 Å². The van der Waals surface area contributed by atoms with Gasteiger partial charge >= 0.3 is 12.0 Å². The maximum atomic E-state index is 12.0. The van der Waals surface area contributed by atoms with Crippen LogP contribution in [-0.4, -0.2) is 29.2 Å². The smallest absolute Gasteiger partial charge is 0.330 e. The lowest BCUT2D eigenvalue weighted by Gasteiger charge is -2.44. The van der Waals surface area contributed by atoms with E-state index in [4.69, 9.17) is 0 Å². The van der Waals surface area contributed by atoms with Crippen LogP contribution < -0.4 is 10.6 Å². The van der Waals surface area contributed by atoms with Crippen LogP contribution in [0.5, 0.6) is 0 Å². The molecule has 5 heteroatoms. The SMILES string of the molecule is CCCCCNC(=O)NC1(C(=O)O)C(C)CCCC1C. The third-order valence-corrected chi connectivity index (χ3v) is 4.57. The molecule has 5 nitrogen and oxygen atoms in total. The number of carbonyl (C=O) groups is 2. The molecule has 2 unspecified atom stereocenters. The predicted octanol–water partition coefficient (Wildman–Crippen LogP) is 2.76. The van der Waals surface area contributed by atoms with E-state index < -0.39 is 11.5 Å². The number of rotatable bonds is 6. The zero-order chi connectivity index (χ0) is 15.2. The minimum atomic E-state index is -1.13. The Balaban J connectivity index is 2.66. The van der Waals surface area contributed by atoms with Crippen LogP contribution in [0.15, 0.2) is 0 Å². The van der Waals surface area contributed by atoms with Gasteiger partial charge in [0, 0.05) is 6.54 Å². The lowest BCUT2D eigenvalue weighted by atomic mass is 9.67. The third kappa shape index (κ3) is 3.64. The molecule has 1 saturated carbocycles. The molecule has 1 aliphatic rings. The van der Waals surface area contributed by atoms with Crippen molar-refractivity contribution in [3.63, 3.8) is 0 Å². The number of urea groups is 1. The standard InChI is InChI=1S/C15H28N2O3/c1-4-5-6-10-16-14(20)17-15(13(18)19)11(2)8-7-9-12(15)3/h11-12H,4-10H2,1-3H3,(H,18,19)(H2,16,17,20). The van der Waals surface area contributed by atoms with E-state index in [1.807, 2.05) is 13.8 Å². The quantitative estimate of drug-likeness (QED) is 0.656. The van der Waals surface area contributed by atoms with Gasteiger partial charge in [0.05, 0.1) is 0 Å². The molecular formula is C15H28N2O3. The van der Waals surface area contributed by atoms with Crippen molar-refractivity contribution in [2.75, 3.05) is 6.54 Å². The third-order valence-electron chi connectivity index (χ3n) is 4.57. The summed E-state index contributed by atoms with van der Waals surface area (Å²) < 4.78 is 0. The fourth-order valence-electron chi connectivity index (χ4n) is 3.20. The van der Waals surface area contributed by atoms with Crippen molar-refractivity contribution < 1.29 is 14.7 Å². The predicted molar refractivity (Wildman–Crippen MR) is 78.6 cm³/mol. The van der Waals surface area contributed by atoms with E-state index >= 15 is 0 Å². The largest absolute Gasteiger partial charge is 0.479 e. The highest BCUT2D eigenvalue weighted by Crippen LogP contribution is 2.38. The summed E-state index contributed by atoms with van der Waals surface area (Å²) in [6.45, 7) is 6.53. The number of aliphatic carboxylic acids is 1. The van der Waals surface area contributed by atoms with E-state index in [1.165, 1.54) is 0 Å². The maximum Gasteiger partial charge on any atom is 0.330 e. The normalized spacial score (nSPS) is 29.8. The summed E-state index contributed by atoms with van der Waals surface area (Å²) in [5, 5.41) is 15.2. The summed E-state index contributed by atoms with van der Waals surface area (Å²) in [7, 11) is 0. The number of carboxylic acids is 1. The lowest BCUT2D eigenvalue weighted by molar-refractivity contribution is -0.151. The molecule has 2 amide bonds. The molecule has 0 radical (unpaired) electrons. The molecule has 20 heavy (non-hydrogen) atoms. The zero-order valence-corrected chi connectivity index (χ0v) is 12.9. The van der Waals surface area contributed by atoms with Crippen molar-refractivity contribution >= 4 is 12.0 Å². The number of hydrogen-bond acceptors (Lipinski definition) is 2. The molecule has 1 rings (SSSR count). The maximum absolute atomic E-state index is 12.0. The molecule has 0 aromatic heterocycles. The summed E-state index contributed by atoms with van der Waals surface area (Å²) in [5.41, 5.74) is -1.13. The van der Waals surface area contributed by atoms with E-state index in [0.717, 1.165) is 38.5 Å². The second-order valence-electron chi connectivity index (χ2n) is 6.00. The summed E-state index contributed by atoms with van der Waals surface area (Å²) >= 11 is 0. The van der Waals surface area contributed by atoms with Gasteiger partial charge in [-0.1, -0.05) is 40.0 Å². The van der Waals surface area contributed by atoms with Gasteiger partial charge in [-0.2, -0.15) is 0 Å². The van der Waals surface area contributed by atoms with Crippen LogP contribution in [0.1, 0.15) is 59.3 Å². The Hall–Kier alpha value is -1.26. The average molecular weight is 284 g/mol. The first-order chi connectivity index (χ1) is 9.45. The van der Waals surface area contributed by atoms with Gasteiger partial charge in [0.15, 0.2) is 0 Å². The first-order valence-electron chi connectivity index (χ1n) is 7.74. The van der Waals surface area contributed by atoms with Crippen LogP contribution in [0.25, 0.3) is 0 Å². The van der Waals surface area contributed by atoms with Crippen LogP contribution >= 0.6 is 0 Å². The number of nitrogens with one attached hydrogen (secondary N) is 2. The van der Waals surface area contributed by atoms with Crippen LogP contribution in [0, 0.1) is 11.8 Å².